The van der Waals surface area contributed by atoms with E-state index in [1.165, 1.54) is 42.9 Å². The molecule has 21 heavy (non-hydrogen) atoms. The number of nitrogens with one attached hydrogen (secondary N) is 1. The molecule has 1 aliphatic rings. The molecule has 0 bridgehead atoms. The maximum atomic E-state index is 4.19. The van der Waals surface area contributed by atoms with Crippen LogP contribution in [0.4, 0.5) is 5.69 Å². The van der Waals surface area contributed by atoms with Gasteiger partial charge in [-0.05, 0) is 36.6 Å². The van der Waals surface area contributed by atoms with Crippen molar-refractivity contribution >= 4 is 5.69 Å². The first kappa shape index (κ1) is 14.1. The van der Waals surface area contributed by atoms with Gasteiger partial charge in [0.15, 0.2) is 0 Å². The van der Waals surface area contributed by atoms with Crippen LogP contribution in [0.1, 0.15) is 24.1 Å². The maximum absolute atomic E-state index is 4.19. The molecule has 1 aliphatic heterocycles. The van der Waals surface area contributed by atoms with Crippen molar-refractivity contribution in [3.05, 3.63) is 47.8 Å². The van der Waals surface area contributed by atoms with Gasteiger partial charge in [-0.3, -0.25) is 4.68 Å². The average Bonchev–Trinajstić information content (AvgIpc) is 3.16. The molecule has 0 aliphatic carbocycles. The largest absolute Gasteiger partial charge is 0.372 e. The molecule has 0 saturated carbocycles. The molecule has 4 nitrogen and oxygen atoms in total. The predicted octanol–water partition coefficient (Wildman–Crippen LogP) is 2.35. The Bertz CT molecular complexity index is 552. The van der Waals surface area contributed by atoms with Crippen LogP contribution in [-0.4, -0.2) is 29.4 Å². The third-order valence-electron chi connectivity index (χ3n) is 4.22. The summed E-state index contributed by atoms with van der Waals surface area (Å²) >= 11 is 0. The number of hydrogen-bond donors (Lipinski definition) is 1. The fourth-order valence-electron chi connectivity index (χ4n) is 2.90. The second-order valence-corrected chi connectivity index (χ2v) is 5.73. The van der Waals surface area contributed by atoms with Gasteiger partial charge in [0.25, 0.3) is 0 Å². The molecule has 2 heterocycles. The van der Waals surface area contributed by atoms with Crippen molar-refractivity contribution in [3.63, 3.8) is 0 Å². The van der Waals surface area contributed by atoms with E-state index in [0.717, 1.165) is 19.5 Å². The molecule has 1 fully saturated rings. The van der Waals surface area contributed by atoms with Gasteiger partial charge in [-0.25, -0.2) is 0 Å². The highest BCUT2D eigenvalue weighted by atomic mass is 15.3. The van der Waals surface area contributed by atoms with Crippen molar-refractivity contribution in [2.75, 3.05) is 24.5 Å². The van der Waals surface area contributed by atoms with Crippen molar-refractivity contribution in [3.8, 4) is 0 Å². The number of hydrogen-bond acceptors (Lipinski definition) is 3. The minimum Gasteiger partial charge on any atom is -0.372 e. The Hall–Kier alpha value is -1.81. The van der Waals surface area contributed by atoms with E-state index in [2.05, 4.69) is 45.6 Å². The summed E-state index contributed by atoms with van der Waals surface area (Å²) in [5.41, 5.74) is 3.99. The summed E-state index contributed by atoms with van der Waals surface area (Å²) in [5.74, 6) is 0. The van der Waals surface area contributed by atoms with Gasteiger partial charge in [0.2, 0.25) is 0 Å². The van der Waals surface area contributed by atoms with E-state index in [9.17, 15) is 0 Å². The van der Waals surface area contributed by atoms with Crippen molar-refractivity contribution in [1.29, 1.82) is 0 Å². The average molecular weight is 284 g/mol. The van der Waals surface area contributed by atoms with Crippen molar-refractivity contribution < 1.29 is 0 Å². The fourth-order valence-corrected chi connectivity index (χ4v) is 2.90. The summed E-state index contributed by atoms with van der Waals surface area (Å²) in [4.78, 5) is 2.47. The quantitative estimate of drug-likeness (QED) is 0.827. The van der Waals surface area contributed by atoms with E-state index in [1.807, 2.05) is 17.9 Å². The van der Waals surface area contributed by atoms with Crippen molar-refractivity contribution in [1.82, 2.24) is 15.1 Å². The molecule has 2 aromatic rings. The number of benzene rings is 1. The van der Waals surface area contributed by atoms with Crippen LogP contribution in [-0.2, 0) is 20.0 Å². The number of aryl methyl sites for hydroxylation is 1. The third-order valence-corrected chi connectivity index (χ3v) is 4.22. The van der Waals surface area contributed by atoms with Gasteiger partial charge in [0, 0.05) is 57.2 Å². The van der Waals surface area contributed by atoms with Crippen LogP contribution in [0, 0.1) is 0 Å². The molecular weight excluding hydrogens is 260 g/mol. The summed E-state index contributed by atoms with van der Waals surface area (Å²) < 4.78 is 1.94. The van der Waals surface area contributed by atoms with Gasteiger partial charge in [0.05, 0.1) is 0 Å². The topological polar surface area (TPSA) is 33.1 Å². The minimum absolute atomic E-state index is 0.929. The summed E-state index contributed by atoms with van der Waals surface area (Å²) in [6.45, 7) is 4.33. The molecule has 0 amide bonds. The van der Waals surface area contributed by atoms with Crippen molar-refractivity contribution in [2.24, 2.45) is 7.05 Å². The number of aromatic nitrogens is 2. The number of nitrogens with zero attached hydrogens (tertiary/aromatic N) is 3. The van der Waals surface area contributed by atoms with Crippen LogP contribution >= 0.6 is 0 Å². The van der Waals surface area contributed by atoms with Crippen LogP contribution in [0.2, 0.25) is 0 Å². The van der Waals surface area contributed by atoms with E-state index in [0.29, 0.717) is 0 Å². The van der Waals surface area contributed by atoms with Gasteiger partial charge in [-0.1, -0.05) is 12.1 Å². The first-order valence-corrected chi connectivity index (χ1v) is 7.84. The zero-order valence-corrected chi connectivity index (χ0v) is 12.8. The smallest absolute Gasteiger partial charge is 0.0492 e. The molecule has 1 aromatic heterocycles. The molecule has 3 rings (SSSR count). The predicted molar refractivity (Wildman–Crippen MR) is 86.5 cm³/mol. The molecule has 0 spiro atoms. The molecular formula is C17H24N4. The van der Waals surface area contributed by atoms with Crippen LogP contribution < -0.4 is 10.2 Å². The highest BCUT2D eigenvalue weighted by molar-refractivity contribution is 5.48. The van der Waals surface area contributed by atoms with Gasteiger partial charge in [0.1, 0.15) is 0 Å². The lowest BCUT2D eigenvalue weighted by atomic mass is 10.2. The van der Waals surface area contributed by atoms with E-state index in [1.54, 1.807) is 0 Å². The molecule has 112 valence electrons. The highest BCUT2D eigenvalue weighted by Gasteiger charge is 2.11. The lowest BCUT2D eigenvalue weighted by molar-refractivity contribution is 0.643. The summed E-state index contributed by atoms with van der Waals surface area (Å²) in [6, 6.07) is 11.1. The van der Waals surface area contributed by atoms with Gasteiger partial charge < -0.3 is 10.2 Å². The maximum Gasteiger partial charge on any atom is 0.0492 e. The fraction of sp³-hybridized carbons (Fsp3) is 0.471. The summed E-state index contributed by atoms with van der Waals surface area (Å²) in [6.07, 6.45) is 5.53. The second kappa shape index (κ2) is 6.76. The molecule has 1 saturated heterocycles. The number of rotatable bonds is 6. The Morgan fingerprint density at radius 1 is 1.10 bits per heavy atom. The highest BCUT2D eigenvalue weighted by Crippen LogP contribution is 2.20. The third kappa shape index (κ3) is 3.64. The monoisotopic (exact) mass is 284 g/mol. The molecule has 1 N–H and O–H groups in total. The summed E-state index contributed by atoms with van der Waals surface area (Å²) in [7, 11) is 1.99. The summed E-state index contributed by atoms with van der Waals surface area (Å²) in [5, 5.41) is 7.69. The van der Waals surface area contributed by atoms with Crippen molar-refractivity contribution in [2.45, 2.75) is 25.8 Å². The van der Waals surface area contributed by atoms with Crippen LogP contribution in [0.25, 0.3) is 0 Å². The SMILES string of the molecule is Cn1nccc1CCNCc1ccc(N2CCCC2)cc1. The van der Waals surface area contributed by atoms with Gasteiger partial charge in [-0.2, -0.15) is 5.10 Å². The lowest BCUT2D eigenvalue weighted by Crippen LogP contribution is -2.19. The molecule has 0 atom stereocenters. The second-order valence-electron chi connectivity index (χ2n) is 5.73. The van der Waals surface area contributed by atoms with Crippen LogP contribution in [0.5, 0.6) is 0 Å². The first-order valence-electron chi connectivity index (χ1n) is 7.84. The Kier molecular flexibility index (Phi) is 4.55. The molecule has 0 radical (unpaired) electrons. The van der Waals surface area contributed by atoms with E-state index >= 15 is 0 Å². The van der Waals surface area contributed by atoms with Gasteiger partial charge in [-0.15, -0.1) is 0 Å². The molecule has 4 heteroatoms. The zero-order chi connectivity index (χ0) is 14.5. The van der Waals surface area contributed by atoms with E-state index < -0.39 is 0 Å². The van der Waals surface area contributed by atoms with Crippen LogP contribution in [0.3, 0.4) is 0 Å². The lowest BCUT2D eigenvalue weighted by Gasteiger charge is -2.17. The van der Waals surface area contributed by atoms with Crippen LogP contribution in [0.15, 0.2) is 36.5 Å². The Morgan fingerprint density at radius 2 is 1.86 bits per heavy atom. The first-order chi connectivity index (χ1) is 10.3. The minimum atomic E-state index is 0.929. The standard InChI is InChI=1S/C17H24N4/c1-20-16(9-11-19-20)8-10-18-14-15-4-6-17(7-5-15)21-12-2-3-13-21/h4-7,9,11,18H,2-3,8,10,12-14H2,1H3. The van der Waals surface area contributed by atoms with E-state index in [4.69, 9.17) is 0 Å². The van der Waals surface area contributed by atoms with Gasteiger partial charge >= 0.3 is 0 Å². The Balaban J connectivity index is 1.44. The molecule has 0 unspecified atom stereocenters. The Morgan fingerprint density at radius 3 is 2.52 bits per heavy atom. The Labute approximate surface area is 126 Å². The normalized spacial score (nSPS) is 14.8. The zero-order valence-electron chi connectivity index (χ0n) is 12.8. The molecule has 1 aromatic carbocycles. The van der Waals surface area contributed by atoms with E-state index in [-0.39, 0.29) is 0 Å². The number of anilines is 1.